The zero-order valence-electron chi connectivity index (χ0n) is 12.9. The highest BCUT2D eigenvalue weighted by Crippen LogP contribution is 2.22. The molecule has 1 saturated heterocycles. The number of nitrogens with one attached hydrogen (secondary N) is 1. The Morgan fingerprint density at radius 2 is 2.25 bits per heavy atom. The van der Waals surface area contributed by atoms with Crippen LogP contribution in [0.1, 0.15) is 22.2 Å². The molecule has 0 radical (unpaired) electrons. The smallest absolute Gasteiger partial charge is 0.255 e. The minimum absolute atomic E-state index is 0.116. The van der Waals surface area contributed by atoms with Crippen LogP contribution in [-0.4, -0.2) is 53.7 Å². The van der Waals surface area contributed by atoms with Gasteiger partial charge < -0.3 is 24.5 Å². The number of nitrogens with zero attached hydrogens (tertiary/aromatic N) is 2. The van der Waals surface area contributed by atoms with Crippen molar-refractivity contribution in [2.75, 3.05) is 38.2 Å². The Morgan fingerprint density at radius 3 is 2.92 bits per heavy atom. The predicted molar refractivity (Wildman–Crippen MR) is 88.1 cm³/mol. The molecule has 1 atom stereocenters. The van der Waals surface area contributed by atoms with Crippen LogP contribution in [0, 0.1) is 0 Å². The molecular weight excluding hydrogens is 334 g/mol. The second-order valence-electron chi connectivity index (χ2n) is 5.37. The maximum atomic E-state index is 12.4. The lowest BCUT2D eigenvalue weighted by Gasteiger charge is -2.26. The number of rotatable bonds is 5. The molecule has 7 nitrogen and oxygen atoms in total. The van der Waals surface area contributed by atoms with Gasteiger partial charge in [0.1, 0.15) is 17.7 Å². The molecular formula is C16H18ClN3O4. The lowest BCUT2D eigenvalue weighted by molar-refractivity contribution is 0.0302. The number of morpholine rings is 1. The molecule has 1 aliphatic heterocycles. The van der Waals surface area contributed by atoms with Gasteiger partial charge in [-0.3, -0.25) is 4.79 Å². The molecule has 0 saturated carbocycles. The first-order valence-electron chi connectivity index (χ1n) is 7.63. The summed E-state index contributed by atoms with van der Waals surface area (Å²) in [4.78, 5) is 18.3. The zero-order chi connectivity index (χ0) is 16.9. The summed E-state index contributed by atoms with van der Waals surface area (Å²) in [5.41, 5.74) is 0.430. The van der Waals surface area contributed by atoms with E-state index in [0.29, 0.717) is 48.5 Å². The number of hydrogen-bond donors (Lipinski definition) is 2. The molecule has 3 heterocycles. The number of ether oxygens (including phenoxy) is 1. The van der Waals surface area contributed by atoms with Crippen molar-refractivity contribution < 1.29 is 19.1 Å². The number of amides is 1. The van der Waals surface area contributed by atoms with Crippen LogP contribution in [0.2, 0.25) is 5.02 Å². The lowest BCUT2D eigenvalue weighted by atomic mass is 10.2. The van der Waals surface area contributed by atoms with E-state index in [9.17, 15) is 9.90 Å². The summed E-state index contributed by atoms with van der Waals surface area (Å²) >= 11 is 6.20. The van der Waals surface area contributed by atoms with E-state index in [1.807, 2.05) is 0 Å². The van der Waals surface area contributed by atoms with Gasteiger partial charge in [0.05, 0.1) is 30.1 Å². The molecule has 1 amide bonds. The Bertz CT molecular complexity index is 687. The van der Waals surface area contributed by atoms with Crippen molar-refractivity contribution in [2.45, 2.75) is 6.10 Å². The molecule has 1 fully saturated rings. The number of carbonyl (C=O) groups excluding carboxylic acids is 1. The Hall–Kier alpha value is -2.09. The number of pyridine rings is 1. The summed E-state index contributed by atoms with van der Waals surface area (Å²) < 4.78 is 10.4. The molecule has 3 rings (SSSR count). The number of carbonyl (C=O) groups is 1. The van der Waals surface area contributed by atoms with Gasteiger partial charge in [0.15, 0.2) is 0 Å². The van der Waals surface area contributed by atoms with Gasteiger partial charge in [0, 0.05) is 25.8 Å². The first-order chi connectivity index (χ1) is 11.6. The Balaban J connectivity index is 1.62. The third-order valence-corrected chi connectivity index (χ3v) is 4.01. The molecule has 24 heavy (non-hydrogen) atoms. The lowest BCUT2D eigenvalue weighted by Crippen LogP contribution is -2.40. The summed E-state index contributed by atoms with van der Waals surface area (Å²) in [7, 11) is 0. The molecule has 2 N–H and O–H groups in total. The molecule has 0 aliphatic carbocycles. The Morgan fingerprint density at radius 1 is 1.46 bits per heavy atom. The van der Waals surface area contributed by atoms with Gasteiger partial charge in [-0.1, -0.05) is 11.6 Å². The molecule has 0 aromatic carbocycles. The normalized spacial score (nSPS) is 16.0. The highest BCUT2D eigenvalue weighted by Gasteiger charge is 2.20. The quantitative estimate of drug-likeness (QED) is 0.856. The highest BCUT2D eigenvalue weighted by atomic mass is 35.5. The van der Waals surface area contributed by atoms with Gasteiger partial charge in [-0.15, -0.1) is 0 Å². The van der Waals surface area contributed by atoms with E-state index in [2.05, 4.69) is 10.3 Å². The van der Waals surface area contributed by atoms with E-state index in [-0.39, 0.29) is 12.5 Å². The zero-order valence-corrected chi connectivity index (χ0v) is 13.7. The van der Waals surface area contributed by atoms with Crippen LogP contribution < -0.4 is 5.32 Å². The van der Waals surface area contributed by atoms with Crippen LogP contribution in [0.25, 0.3) is 0 Å². The number of aromatic nitrogens is 1. The number of aliphatic hydroxyl groups is 1. The van der Waals surface area contributed by atoms with E-state index in [4.69, 9.17) is 20.8 Å². The molecule has 0 bridgehead atoms. The third kappa shape index (κ3) is 3.87. The van der Waals surface area contributed by atoms with Crippen molar-refractivity contribution >= 4 is 23.3 Å². The Labute approximate surface area is 144 Å². The van der Waals surface area contributed by atoms with Crippen molar-refractivity contribution in [3.05, 3.63) is 47.0 Å². The van der Waals surface area contributed by atoms with Gasteiger partial charge in [-0.05, 0) is 18.2 Å². The average Bonchev–Trinajstić information content (AvgIpc) is 3.15. The van der Waals surface area contributed by atoms with E-state index < -0.39 is 6.10 Å². The van der Waals surface area contributed by atoms with E-state index in [0.717, 1.165) is 0 Å². The highest BCUT2D eigenvalue weighted by molar-refractivity contribution is 6.33. The fourth-order valence-corrected chi connectivity index (χ4v) is 2.64. The molecule has 0 spiro atoms. The van der Waals surface area contributed by atoms with Gasteiger partial charge in [0.25, 0.3) is 5.91 Å². The summed E-state index contributed by atoms with van der Waals surface area (Å²) in [5, 5.41) is 13.2. The summed E-state index contributed by atoms with van der Waals surface area (Å²) in [6, 6.07) is 4.97. The van der Waals surface area contributed by atoms with Crippen LogP contribution in [-0.2, 0) is 4.74 Å². The molecule has 1 aliphatic rings. The second-order valence-corrected chi connectivity index (χ2v) is 5.78. The number of halogens is 1. The van der Waals surface area contributed by atoms with Crippen molar-refractivity contribution in [1.29, 1.82) is 0 Å². The van der Waals surface area contributed by atoms with E-state index in [1.165, 1.54) is 12.5 Å². The SMILES string of the molecule is O=C(c1cnc(NCC(O)c2ccco2)c(Cl)c1)N1CCOCC1. The van der Waals surface area contributed by atoms with Crippen molar-refractivity contribution in [3.8, 4) is 0 Å². The monoisotopic (exact) mass is 351 g/mol. The van der Waals surface area contributed by atoms with Crippen LogP contribution >= 0.6 is 11.6 Å². The summed E-state index contributed by atoms with van der Waals surface area (Å²) in [5.74, 6) is 0.744. The number of anilines is 1. The van der Waals surface area contributed by atoms with E-state index >= 15 is 0 Å². The second kappa shape index (κ2) is 7.65. The molecule has 128 valence electrons. The Kier molecular flexibility index (Phi) is 5.34. The topological polar surface area (TPSA) is 87.8 Å². The van der Waals surface area contributed by atoms with Gasteiger partial charge in [0.2, 0.25) is 0 Å². The summed E-state index contributed by atoms with van der Waals surface area (Å²) in [6.45, 7) is 2.39. The minimum Gasteiger partial charge on any atom is -0.467 e. The van der Waals surface area contributed by atoms with Crippen LogP contribution in [0.3, 0.4) is 0 Å². The molecule has 8 heteroatoms. The van der Waals surface area contributed by atoms with E-state index in [1.54, 1.807) is 23.1 Å². The standard InChI is InChI=1S/C16H18ClN3O4/c17-12-8-11(16(22)20-3-6-23-7-4-20)9-18-15(12)19-10-13(21)14-2-1-5-24-14/h1-2,5,8-9,13,21H,3-4,6-7,10H2,(H,18,19). The van der Waals surface area contributed by atoms with Crippen molar-refractivity contribution in [2.24, 2.45) is 0 Å². The first kappa shape index (κ1) is 16.8. The van der Waals surface area contributed by atoms with Gasteiger partial charge in [-0.25, -0.2) is 4.98 Å². The first-order valence-corrected chi connectivity index (χ1v) is 8.01. The largest absolute Gasteiger partial charge is 0.467 e. The maximum Gasteiger partial charge on any atom is 0.255 e. The summed E-state index contributed by atoms with van der Waals surface area (Å²) in [6.07, 6.45) is 2.16. The fraction of sp³-hybridized carbons (Fsp3) is 0.375. The average molecular weight is 352 g/mol. The molecule has 1 unspecified atom stereocenters. The van der Waals surface area contributed by atoms with Crippen LogP contribution in [0.4, 0.5) is 5.82 Å². The number of hydrogen-bond acceptors (Lipinski definition) is 6. The predicted octanol–water partition coefficient (Wildman–Crippen LogP) is 1.95. The van der Waals surface area contributed by atoms with Crippen molar-refractivity contribution in [1.82, 2.24) is 9.88 Å². The van der Waals surface area contributed by atoms with Crippen LogP contribution in [0.5, 0.6) is 0 Å². The van der Waals surface area contributed by atoms with Crippen molar-refractivity contribution in [3.63, 3.8) is 0 Å². The van der Waals surface area contributed by atoms with Gasteiger partial charge in [-0.2, -0.15) is 0 Å². The maximum absolute atomic E-state index is 12.4. The molecule has 2 aromatic rings. The fourth-order valence-electron chi connectivity index (χ4n) is 2.41. The molecule has 2 aromatic heterocycles. The number of aliphatic hydroxyl groups excluding tert-OH is 1. The van der Waals surface area contributed by atoms with Crippen LogP contribution in [0.15, 0.2) is 35.1 Å². The third-order valence-electron chi connectivity index (χ3n) is 3.72. The van der Waals surface area contributed by atoms with Gasteiger partial charge >= 0.3 is 0 Å². The number of furan rings is 1. The minimum atomic E-state index is -0.812.